The van der Waals surface area contributed by atoms with E-state index in [1.165, 1.54) is 5.56 Å². The van der Waals surface area contributed by atoms with Crippen LogP contribution in [0.5, 0.6) is 5.75 Å². The zero-order chi connectivity index (χ0) is 9.84. The molecule has 2 nitrogen and oxygen atoms in total. The van der Waals surface area contributed by atoms with Crippen molar-refractivity contribution in [3.63, 3.8) is 0 Å². The van der Waals surface area contributed by atoms with Gasteiger partial charge >= 0.3 is 0 Å². The highest BCUT2D eigenvalue weighted by Crippen LogP contribution is 2.27. The van der Waals surface area contributed by atoms with Crippen LogP contribution in [-0.4, -0.2) is 7.11 Å². The summed E-state index contributed by atoms with van der Waals surface area (Å²) < 4.78 is 5.16. The molecule has 0 spiro atoms. The molecule has 0 aromatic heterocycles. The van der Waals surface area contributed by atoms with Crippen molar-refractivity contribution in [2.24, 2.45) is 0 Å². The average molecular weight is 179 g/mol. The molecule has 2 heteroatoms. The van der Waals surface area contributed by atoms with E-state index in [2.05, 4.69) is 19.9 Å². The molecular formula is C11H17NO. The maximum absolute atomic E-state index is 5.72. The van der Waals surface area contributed by atoms with Gasteiger partial charge in [0, 0.05) is 0 Å². The van der Waals surface area contributed by atoms with Crippen LogP contribution in [0.2, 0.25) is 0 Å². The number of ether oxygens (including phenoxy) is 1. The lowest BCUT2D eigenvalue weighted by molar-refractivity contribution is 0.416. The predicted molar refractivity (Wildman–Crippen MR) is 56.1 cm³/mol. The van der Waals surface area contributed by atoms with Gasteiger partial charge in [-0.2, -0.15) is 0 Å². The Labute approximate surface area is 79.7 Å². The number of hydrogen-bond donors (Lipinski definition) is 1. The first-order valence-corrected chi connectivity index (χ1v) is 4.62. The third kappa shape index (κ3) is 2.14. The van der Waals surface area contributed by atoms with Crippen LogP contribution >= 0.6 is 0 Å². The lowest BCUT2D eigenvalue weighted by Gasteiger charge is -2.11. The maximum Gasteiger partial charge on any atom is 0.142 e. The number of hydrogen-bond acceptors (Lipinski definition) is 2. The van der Waals surface area contributed by atoms with E-state index in [4.69, 9.17) is 10.5 Å². The van der Waals surface area contributed by atoms with Crippen LogP contribution in [-0.2, 0) is 0 Å². The summed E-state index contributed by atoms with van der Waals surface area (Å²) in [4.78, 5) is 0. The molecule has 0 aliphatic carbocycles. The van der Waals surface area contributed by atoms with E-state index in [9.17, 15) is 0 Å². The van der Waals surface area contributed by atoms with Gasteiger partial charge in [0.15, 0.2) is 0 Å². The van der Waals surface area contributed by atoms with Gasteiger partial charge in [-0.15, -0.1) is 0 Å². The van der Waals surface area contributed by atoms with Gasteiger partial charge in [0.25, 0.3) is 0 Å². The minimum atomic E-state index is 0.564. The minimum Gasteiger partial charge on any atom is -0.495 e. The van der Waals surface area contributed by atoms with Crippen LogP contribution in [0.1, 0.15) is 31.7 Å². The fourth-order valence-electron chi connectivity index (χ4n) is 1.27. The molecule has 0 aliphatic rings. The Morgan fingerprint density at radius 3 is 2.69 bits per heavy atom. The Hall–Kier alpha value is -1.18. The number of rotatable bonds is 3. The van der Waals surface area contributed by atoms with Crippen LogP contribution in [0.3, 0.4) is 0 Å². The fourth-order valence-corrected chi connectivity index (χ4v) is 1.27. The largest absolute Gasteiger partial charge is 0.495 e. The molecule has 1 rings (SSSR count). The molecule has 0 bridgehead atoms. The summed E-state index contributed by atoms with van der Waals surface area (Å²) in [6, 6.07) is 5.98. The van der Waals surface area contributed by atoms with E-state index < -0.39 is 0 Å². The topological polar surface area (TPSA) is 35.2 Å². The Morgan fingerprint density at radius 1 is 1.46 bits per heavy atom. The third-order valence-electron chi connectivity index (χ3n) is 2.44. The summed E-state index contributed by atoms with van der Waals surface area (Å²) in [6.45, 7) is 4.37. The van der Waals surface area contributed by atoms with Crippen LogP contribution in [0.4, 0.5) is 5.69 Å². The summed E-state index contributed by atoms with van der Waals surface area (Å²) >= 11 is 0. The van der Waals surface area contributed by atoms with Crippen LogP contribution in [0, 0.1) is 0 Å². The van der Waals surface area contributed by atoms with Crippen molar-refractivity contribution in [2.75, 3.05) is 12.8 Å². The van der Waals surface area contributed by atoms with Crippen LogP contribution in [0.15, 0.2) is 18.2 Å². The number of benzene rings is 1. The smallest absolute Gasteiger partial charge is 0.142 e. The van der Waals surface area contributed by atoms with Gasteiger partial charge < -0.3 is 10.5 Å². The molecule has 0 fully saturated rings. The van der Waals surface area contributed by atoms with Crippen LogP contribution < -0.4 is 10.5 Å². The molecular weight excluding hydrogens is 162 g/mol. The summed E-state index contributed by atoms with van der Waals surface area (Å²) in [6.07, 6.45) is 1.13. The zero-order valence-electron chi connectivity index (χ0n) is 8.50. The molecule has 0 amide bonds. The van der Waals surface area contributed by atoms with Gasteiger partial charge in [-0.05, 0) is 30.0 Å². The lowest BCUT2D eigenvalue weighted by atomic mass is 9.98. The molecule has 1 aromatic carbocycles. The van der Waals surface area contributed by atoms with E-state index in [0.29, 0.717) is 11.6 Å². The highest BCUT2D eigenvalue weighted by Gasteiger charge is 2.05. The van der Waals surface area contributed by atoms with Crippen molar-refractivity contribution in [3.8, 4) is 5.75 Å². The number of nitrogens with two attached hydrogens (primary N) is 1. The van der Waals surface area contributed by atoms with Gasteiger partial charge in [0.2, 0.25) is 0 Å². The molecule has 13 heavy (non-hydrogen) atoms. The van der Waals surface area contributed by atoms with Gasteiger partial charge in [-0.1, -0.05) is 19.9 Å². The molecule has 0 saturated heterocycles. The average Bonchev–Trinajstić information content (AvgIpc) is 2.17. The summed E-state index contributed by atoms with van der Waals surface area (Å²) in [7, 11) is 1.64. The second-order valence-corrected chi connectivity index (χ2v) is 3.31. The first-order chi connectivity index (χ1) is 6.19. The van der Waals surface area contributed by atoms with Crippen LogP contribution in [0.25, 0.3) is 0 Å². The molecule has 1 atom stereocenters. The Balaban J connectivity index is 2.99. The highest BCUT2D eigenvalue weighted by molar-refractivity contribution is 5.54. The molecule has 0 aliphatic heterocycles. The van der Waals surface area contributed by atoms with Gasteiger partial charge in [-0.3, -0.25) is 0 Å². The molecule has 0 saturated carbocycles. The second kappa shape index (κ2) is 4.17. The van der Waals surface area contributed by atoms with Crippen molar-refractivity contribution < 1.29 is 4.74 Å². The summed E-state index contributed by atoms with van der Waals surface area (Å²) in [5.41, 5.74) is 7.71. The lowest BCUT2D eigenvalue weighted by Crippen LogP contribution is -1.96. The van der Waals surface area contributed by atoms with Crippen molar-refractivity contribution in [3.05, 3.63) is 23.8 Å². The molecule has 2 N–H and O–H groups in total. The van der Waals surface area contributed by atoms with Crippen molar-refractivity contribution >= 4 is 5.69 Å². The number of anilines is 1. The fraction of sp³-hybridized carbons (Fsp3) is 0.455. The Kier molecular flexibility index (Phi) is 3.18. The normalized spacial score (nSPS) is 12.5. The van der Waals surface area contributed by atoms with Crippen molar-refractivity contribution in [2.45, 2.75) is 26.2 Å². The van der Waals surface area contributed by atoms with Crippen molar-refractivity contribution in [1.82, 2.24) is 0 Å². The summed E-state index contributed by atoms with van der Waals surface area (Å²) in [5, 5.41) is 0. The van der Waals surface area contributed by atoms with E-state index in [1.54, 1.807) is 7.11 Å². The highest BCUT2D eigenvalue weighted by atomic mass is 16.5. The first-order valence-electron chi connectivity index (χ1n) is 4.62. The van der Waals surface area contributed by atoms with Gasteiger partial charge in [-0.25, -0.2) is 0 Å². The molecule has 0 radical (unpaired) electrons. The molecule has 72 valence electrons. The maximum atomic E-state index is 5.72. The van der Waals surface area contributed by atoms with Crippen molar-refractivity contribution in [1.29, 1.82) is 0 Å². The minimum absolute atomic E-state index is 0.564. The van der Waals surface area contributed by atoms with E-state index in [-0.39, 0.29) is 0 Å². The zero-order valence-corrected chi connectivity index (χ0v) is 8.50. The van der Waals surface area contributed by atoms with Gasteiger partial charge in [0.1, 0.15) is 5.75 Å². The second-order valence-electron chi connectivity index (χ2n) is 3.31. The monoisotopic (exact) mass is 179 g/mol. The van der Waals surface area contributed by atoms with Gasteiger partial charge in [0.05, 0.1) is 12.8 Å². The van der Waals surface area contributed by atoms with E-state index >= 15 is 0 Å². The van der Waals surface area contributed by atoms with E-state index in [0.717, 1.165) is 12.2 Å². The molecule has 0 heterocycles. The third-order valence-corrected chi connectivity index (χ3v) is 2.44. The number of nitrogen functional groups attached to an aromatic ring is 1. The Bertz CT molecular complexity index is 283. The first kappa shape index (κ1) is 9.90. The SMILES string of the molecule is CCC(C)c1ccc(N)c(OC)c1. The van der Waals surface area contributed by atoms with E-state index in [1.807, 2.05) is 12.1 Å². The summed E-state index contributed by atoms with van der Waals surface area (Å²) in [5.74, 6) is 1.34. The molecule has 1 unspecified atom stereocenters. The standard InChI is InChI=1S/C11H17NO/c1-4-8(2)9-5-6-10(12)11(7-9)13-3/h5-8H,4,12H2,1-3H3. The predicted octanol–water partition coefficient (Wildman–Crippen LogP) is 2.79. The Morgan fingerprint density at radius 2 is 2.15 bits per heavy atom. The number of methoxy groups -OCH3 is 1. The molecule has 1 aromatic rings. The quantitative estimate of drug-likeness (QED) is 0.724.